The maximum absolute atomic E-state index is 13.6. The van der Waals surface area contributed by atoms with Gasteiger partial charge in [0, 0.05) is 34.4 Å². The van der Waals surface area contributed by atoms with E-state index in [-0.39, 0.29) is 30.5 Å². The van der Waals surface area contributed by atoms with Gasteiger partial charge in [-0.1, -0.05) is 66.4 Å². The lowest BCUT2D eigenvalue weighted by Gasteiger charge is -2.49. The van der Waals surface area contributed by atoms with E-state index in [4.69, 9.17) is 9.47 Å². The third kappa shape index (κ3) is 6.68. The fraction of sp³-hybridized carbons (Fsp3) is 0.212. The van der Waals surface area contributed by atoms with Crippen molar-refractivity contribution in [1.29, 1.82) is 0 Å². The zero-order chi connectivity index (χ0) is 30.5. The van der Waals surface area contributed by atoms with Crippen molar-refractivity contribution in [2.45, 2.75) is 35.8 Å². The van der Waals surface area contributed by atoms with E-state index in [1.54, 1.807) is 31.6 Å². The smallest absolute Gasteiger partial charge is 0.356 e. The predicted molar refractivity (Wildman–Crippen MR) is 169 cm³/mol. The summed E-state index contributed by atoms with van der Waals surface area (Å²) < 4.78 is 10.9. The number of benzene rings is 3. The SMILES string of the molecule is COc1ccc(COC(=O)C2=C(Sc3ccc(Cc4ncc[nH]4)cc3)CS[C@H]3[C@H](NC(=O)Cc4ccccc4)C(=O)N23)cc1. The highest BCUT2D eigenvalue weighted by Gasteiger charge is 2.54. The molecular weight excluding hydrogens is 597 g/mol. The van der Waals surface area contributed by atoms with E-state index < -0.39 is 17.4 Å². The van der Waals surface area contributed by atoms with Crippen LogP contribution in [0.2, 0.25) is 0 Å². The van der Waals surface area contributed by atoms with Gasteiger partial charge in [-0.3, -0.25) is 14.5 Å². The second-order valence-electron chi connectivity index (χ2n) is 10.3. The van der Waals surface area contributed by atoms with Crippen LogP contribution in [-0.2, 0) is 38.6 Å². The van der Waals surface area contributed by atoms with Gasteiger partial charge in [-0.05, 0) is 41.0 Å². The first kappa shape index (κ1) is 29.6. The van der Waals surface area contributed by atoms with E-state index in [2.05, 4.69) is 15.3 Å². The highest BCUT2D eigenvalue weighted by molar-refractivity contribution is 8.06. The summed E-state index contributed by atoms with van der Waals surface area (Å²) in [5, 5.41) is 2.48. The van der Waals surface area contributed by atoms with E-state index in [0.717, 1.165) is 32.3 Å². The number of imidazole rings is 1. The summed E-state index contributed by atoms with van der Waals surface area (Å²) in [6, 6.07) is 24.0. The number of ether oxygens (including phenoxy) is 2. The standard InChI is InChI=1S/C33H30N4O5S2/c1-41-24-11-7-23(8-12-24)19-42-33(40)30-26(44-25-13-9-22(10-14-25)17-27-34-15-16-35-27)20-43-32-29(31(39)37(30)32)36-28(38)18-21-5-3-2-4-6-21/h2-16,29,32H,17-20H2,1H3,(H,34,35)(H,36,38)/t29-,32+/m1/s1. The van der Waals surface area contributed by atoms with Gasteiger partial charge < -0.3 is 19.8 Å². The van der Waals surface area contributed by atoms with Gasteiger partial charge in [0.25, 0.3) is 5.91 Å². The lowest BCUT2D eigenvalue weighted by Crippen LogP contribution is -2.70. The third-order valence-corrected chi connectivity index (χ3v) is 9.83. The minimum atomic E-state index is -0.715. The van der Waals surface area contributed by atoms with Crippen LogP contribution in [0.1, 0.15) is 22.5 Å². The van der Waals surface area contributed by atoms with Crippen LogP contribution < -0.4 is 10.1 Å². The van der Waals surface area contributed by atoms with Gasteiger partial charge in [-0.25, -0.2) is 9.78 Å². The van der Waals surface area contributed by atoms with Crippen molar-refractivity contribution in [3.63, 3.8) is 0 Å². The number of thioether (sulfide) groups is 2. The first-order chi connectivity index (χ1) is 21.5. The number of H-pyrrole nitrogens is 1. The molecule has 6 rings (SSSR count). The van der Waals surface area contributed by atoms with Crippen LogP contribution in [0.4, 0.5) is 0 Å². The van der Waals surface area contributed by atoms with Crippen molar-refractivity contribution in [2.24, 2.45) is 0 Å². The molecular formula is C33H30N4O5S2. The number of fused-ring (bicyclic) bond motifs is 1. The number of nitrogens with one attached hydrogen (secondary N) is 2. The fourth-order valence-corrected chi connectivity index (χ4v) is 7.48. The zero-order valence-corrected chi connectivity index (χ0v) is 25.5. The summed E-state index contributed by atoms with van der Waals surface area (Å²) in [4.78, 5) is 50.4. The molecule has 44 heavy (non-hydrogen) atoms. The van der Waals surface area contributed by atoms with E-state index >= 15 is 0 Å². The highest BCUT2D eigenvalue weighted by atomic mass is 32.2. The van der Waals surface area contributed by atoms with E-state index in [0.29, 0.717) is 17.9 Å². The monoisotopic (exact) mass is 626 g/mol. The number of amides is 2. The van der Waals surface area contributed by atoms with Crippen LogP contribution >= 0.6 is 23.5 Å². The number of carbonyl (C=O) groups excluding carboxylic acids is 3. The molecule has 0 spiro atoms. The van der Waals surface area contributed by atoms with Crippen LogP contribution in [0.3, 0.4) is 0 Å². The van der Waals surface area contributed by atoms with Crippen LogP contribution in [0, 0.1) is 0 Å². The first-order valence-electron chi connectivity index (χ1n) is 14.0. The number of methoxy groups -OCH3 is 1. The molecule has 2 aliphatic heterocycles. The first-order valence-corrected chi connectivity index (χ1v) is 15.9. The molecule has 1 saturated heterocycles. The lowest BCUT2D eigenvalue weighted by atomic mass is 10.0. The van der Waals surface area contributed by atoms with Gasteiger partial charge in [0.2, 0.25) is 5.91 Å². The Morgan fingerprint density at radius 3 is 2.48 bits per heavy atom. The number of hydrogen-bond donors (Lipinski definition) is 2. The summed E-state index contributed by atoms with van der Waals surface area (Å²) in [6.45, 7) is 0.0445. The van der Waals surface area contributed by atoms with Crippen LogP contribution in [0.5, 0.6) is 5.75 Å². The maximum atomic E-state index is 13.6. The molecule has 3 heterocycles. The normalized spacial score (nSPS) is 17.5. The molecule has 224 valence electrons. The minimum Gasteiger partial charge on any atom is -0.497 e. The molecule has 9 nitrogen and oxygen atoms in total. The Morgan fingerprint density at radius 2 is 1.77 bits per heavy atom. The molecule has 1 fully saturated rings. The van der Waals surface area contributed by atoms with Crippen LogP contribution in [-0.4, -0.2) is 56.9 Å². The molecule has 4 aromatic rings. The average Bonchev–Trinajstić information content (AvgIpc) is 3.57. The average molecular weight is 627 g/mol. The highest BCUT2D eigenvalue weighted by Crippen LogP contribution is 2.45. The van der Waals surface area contributed by atoms with Gasteiger partial charge in [-0.15, -0.1) is 11.8 Å². The van der Waals surface area contributed by atoms with Crippen molar-refractivity contribution in [3.05, 3.63) is 124 Å². The van der Waals surface area contributed by atoms with Crippen LogP contribution in [0.25, 0.3) is 0 Å². The van der Waals surface area contributed by atoms with Crippen molar-refractivity contribution >= 4 is 41.3 Å². The number of aromatic amines is 1. The Kier molecular flexibility index (Phi) is 9.04. The summed E-state index contributed by atoms with van der Waals surface area (Å²) in [6.07, 6.45) is 4.38. The number of carbonyl (C=O) groups is 3. The van der Waals surface area contributed by atoms with E-state index in [1.165, 1.54) is 28.4 Å². The molecule has 3 aromatic carbocycles. The Balaban J connectivity index is 1.19. The molecule has 1 aromatic heterocycles. The zero-order valence-electron chi connectivity index (χ0n) is 23.9. The molecule has 0 aliphatic carbocycles. The number of nitrogens with zero attached hydrogens (tertiary/aromatic N) is 2. The summed E-state index contributed by atoms with van der Waals surface area (Å²) in [7, 11) is 1.59. The maximum Gasteiger partial charge on any atom is 0.356 e. The number of hydrogen-bond acceptors (Lipinski definition) is 8. The third-order valence-electron chi connectivity index (χ3n) is 7.27. The van der Waals surface area contributed by atoms with Crippen LogP contribution in [0.15, 0.2) is 107 Å². The Bertz CT molecular complexity index is 1660. The van der Waals surface area contributed by atoms with Crippen molar-refractivity contribution in [2.75, 3.05) is 12.9 Å². The largest absolute Gasteiger partial charge is 0.497 e. The second kappa shape index (κ2) is 13.4. The lowest BCUT2D eigenvalue weighted by molar-refractivity contribution is -0.153. The molecule has 0 unspecified atom stereocenters. The predicted octanol–water partition coefficient (Wildman–Crippen LogP) is 4.70. The van der Waals surface area contributed by atoms with Gasteiger partial charge in [-0.2, -0.15) is 0 Å². The van der Waals surface area contributed by atoms with Crippen molar-refractivity contribution in [1.82, 2.24) is 20.2 Å². The van der Waals surface area contributed by atoms with Crippen molar-refractivity contribution < 1.29 is 23.9 Å². The summed E-state index contributed by atoms with van der Waals surface area (Å²) >= 11 is 2.96. The second-order valence-corrected chi connectivity index (χ2v) is 12.5. The molecule has 2 N–H and O–H groups in total. The molecule has 11 heteroatoms. The Labute approximate surface area is 263 Å². The number of aromatic nitrogens is 2. The van der Waals surface area contributed by atoms with Gasteiger partial charge in [0.05, 0.1) is 13.5 Å². The number of β-lactam (4-membered cyclic amide) rings is 1. The van der Waals surface area contributed by atoms with Crippen molar-refractivity contribution in [3.8, 4) is 5.75 Å². The number of esters is 1. The Morgan fingerprint density at radius 1 is 1.02 bits per heavy atom. The molecule has 0 radical (unpaired) electrons. The molecule has 2 aliphatic rings. The topological polar surface area (TPSA) is 114 Å². The number of rotatable bonds is 11. The molecule has 2 amide bonds. The summed E-state index contributed by atoms with van der Waals surface area (Å²) in [5.41, 5.74) is 2.98. The Hall–Kier alpha value is -4.48. The summed E-state index contributed by atoms with van der Waals surface area (Å²) in [5.74, 6) is 0.932. The molecule has 0 saturated carbocycles. The molecule has 2 atom stereocenters. The fourth-order valence-electron chi connectivity index (χ4n) is 5.01. The minimum absolute atomic E-state index is 0.0445. The van der Waals surface area contributed by atoms with E-state index in [9.17, 15) is 14.4 Å². The van der Waals surface area contributed by atoms with E-state index in [1.807, 2.05) is 66.7 Å². The van der Waals surface area contributed by atoms with Gasteiger partial charge in [0.15, 0.2) is 0 Å². The quantitative estimate of drug-likeness (QED) is 0.182. The van der Waals surface area contributed by atoms with Gasteiger partial charge >= 0.3 is 5.97 Å². The molecule has 0 bridgehead atoms. The van der Waals surface area contributed by atoms with Gasteiger partial charge in [0.1, 0.15) is 35.3 Å².